The van der Waals surface area contributed by atoms with Crippen LogP contribution in [0, 0.1) is 18.7 Å². The molecule has 0 radical (unpaired) electrons. The van der Waals surface area contributed by atoms with Gasteiger partial charge in [0.2, 0.25) is 5.95 Å². The monoisotopic (exact) mass is 499 g/mol. The second-order valence-corrected chi connectivity index (χ2v) is 7.45. The van der Waals surface area contributed by atoms with Gasteiger partial charge in [0.05, 0.1) is 29.3 Å². The zero-order valence-corrected chi connectivity index (χ0v) is 19.5. The highest BCUT2D eigenvalue weighted by Gasteiger charge is 2.20. The number of hydrogen-bond donors (Lipinski definition) is 4. The van der Waals surface area contributed by atoms with Crippen molar-refractivity contribution in [3.8, 4) is 0 Å². The molecule has 0 bridgehead atoms. The first-order valence-electron chi connectivity index (χ1n) is 10.4. The Kier molecular flexibility index (Phi) is 8.01. The van der Waals surface area contributed by atoms with E-state index in [2.05, 4.69) is 30.6 Å². The second kappa shape index (κ2) is 11.1. The Morgan fingerprint density at radius 3 is 2.50 bits per heavy atom. The Labute approximate surface area is 204 Å². The fraction of sp³-hybridized carbons (Fsp3) is 0.182. The zero-order valence-electron chi connectivity index (χ0n) is 19.5. The van der Waals surface area contributed by atoms with Crippen LogP contribution < -0.4 is 22.2 Å². The van der Waals surface area contributed by atoms with Crippen molar-refractivity contribution < 1.29 is 23.1 Å². The lowest BCUT2D eigenvalue weighted by Crippen LogP contribution is -2.39. The number of ether oxygens (including phenoxy) is 1. The molecule has 3 rings (SSSR count). The number of halogens is 2. The third-order valence-corrected chi connectivity index (χ3v) is 4.69. The van der Waals surface area contributed by atoms with E-state index in [0.29, 0.717) is 17.7 Å². The molecule has 3 heterocycles. The van der Waals surface area contributed by atoms with Crippen LogP contribution >= 0.6 is 0 Å². The molecule has 0 saturated heterocycles. The Morgan fingerprint density at radius 1 is 1.11 bits per heavy atom. The summed E-state index contributed by atoms with van der Waals surface area (Å²) in [5.74, 6) is 3.94. The van der Waals surface area contributed by atoms with E-state index in [9.17, 15) is 18.4 Å². The molecule has 0 aliphatic rings. The van der Waals surface area contributed by atoms with E-state index >= 15 is 0 Å². The maximum atomic E-state index is 13.8. The molecule has 0 unspecified atom stereocenters. The molecule has 3 aromatic heterocycles. The lowest BCUT2D eigenvalue weighted by atomic mass is 10.2. The predicted molar refractivity (Wildman–Crippen MR) is 124 cm³/mol. The smallest absolute Gasteiger partial charge is 0.413 e. The van der Waals surface area contributed by atoms with Crippen molar-refractivity contribution in [3.63, 3.8) is 0 Å². The van der Waals surface area contributed by atoms with Crippen molar-refractivity contribution in [2.45, 2.75) is 20.0 Å². The standard InChI is InChI=1S/C22H23F2N9O3/c1-11(15-8-13(23)9-29-19(15)24)36-22(35)32-20(33(3)26)18(25)16-5-4-14(10-28-16)31-21(34)17-6-7-27-12(2)30-17/h4-11H,25-26H2,1-3H3,(H,31,34)(H,32,35)/b20-18-/t11-/m1/s1. The molecular weight excluding hydrogens is 476 g/mol. The molecule has 6 N–H and O–H groups in total. The van der Waals surface area contributed by atoms with Gasteiger partial charge in [-0.3, -0.25) is 20.1 Å². The fourth-order valence-corrected chi connectivity index (χ4v) is 2.95. The van der Waals surface area contributed by atoms with Gasteiger partial charge in [0.25, 0.3) is 5.91 Å². The van der Waals surface area contributed by atoms with Crippen LogP contribution in [0.15, 0.2) is 48.7 Å². The topological polar surface area (TPSA) is 174 Å². The molecular formula is C22H23F2N9O3. The van der Waals surface area contributed by atoms with Gasteiger partial charge in [-0.2, -0.15) is 4.39 Å². The molecule has 188 valence electrons. The molecule has 0 aliphatic carbocycles. The number of amides is 2. The Morgan fingerprint density at radius 2 is 1.86 bits per heavy atom. The van der Waals surface area contributed by atoms with Gasteiger partial charge in [-0.15, -0.1) is 0 Å². The summed E-state index contributed by atoms with van der Waals surface area (Å²) in [4.78, 5) is 40.2. The molecule has 14 heteroatoms. The molecule has 12 nitrogen and oxygen atoms in total. The number of rotatable bonds is 7. The number of alkyl carbamates (subject to hydrolysis) is 1. The quantitative estimate of drug-likeness (QED) is 0.214. The highest BCUT2D eigenvalue weighted by Crippen LogP contribution is 2.20. The molecule has 0 saturated carbocycles. The van der Waals surface area contributed by atoms with Crippen LogP contribution in [-0.4, -0.2) is 44.0 Å². The zero-order chi connectivity index (χ0) is 26.4. The molecule has 1 atom stereocenters. The Balaban J connectivity index is 1.72. The lowest BCUT2D eigenvalue weighted by Gasteiger charge is -2.21. The van der Waals surface area contributed by atoms with Crippen LogP contribution in [-0.2, 0) is 4.74 Å². The van der Waals surface area contributed by atoms with E-state index in [-0.39, 0.29) is 28.5 Å². The van der Waals surface area contributed by atoms with E-state index in [1.807, 2.05) is 0 Å². The summed E-state index contributed by atoms with van der Waals surface area (Å²) >= 11 is 0. The minimum Gasteiger partial charge on any atom is -0.441 e. The maximum absolute atomic E-state index is 13.8. The fourth-order valence-electron chi connectivity index (χ4n) is 2.95. The number of carbonyl (C=O) groups excluding carboxylic acids is 2. The minimum atomic E-state index is -1.17. The Hall–Kier alpha value is -4.72. The van der Waals surface area contributed by atoms with Gasteiger partial charge in [0.15, 0.2) is 5.82 Å². The lowest BCUT2D eigenvalue weighted by molar-refractivity contribution is 0.101. The maximum Gasteiger partial charge on any atom is 0.413 e. The van der Waals surface area contributed by atoms with Crippen LogP contribution in [0.5, 0.6) is 0 Å². The van der Waals surface area contributed by atoms with E-state index in [1.54, 1.807) is 6.92 Å². The summed E-state index contributed by atoms with van der Waals surface area (Å²) < 4.78 is 32.3. The SMILES string of the molecule is Cc1nccc(C(=O)Nc2ccc(/C(N)=C(\NC(=O)O[C@H](C)c3cc(F)cnc3F)N(C)N)nc2)n1. The normalized spacial score (nSPS) is 12.3. The third-order valence-electron chi connectivity index (χ3n) is 4.69. The van der Waals surface area contributed by atoms with E-state index < -0.39 is 29.9 Å². The van der Waals surface area contributed by atoms with Gasteiger partial charge in [-0.1, -0.05) is 0 Å². The van der Waals surface area contributed by atoms with Crippen molar-refractivity contribution in [1.82, 2.24) is 30.3 Å². The molecule has 0 aliphatic heterocycles. The van der Waals surface area contributed by atoms with Gasteiger partial charge in [0.1, 0.15) is 29.1 Å². The van der Waals surface area contributed by atoms with Crippen molar-refractivity contribution in [2.24, 2.45) is 11.6 Å². The first-order valence-corrected chi connectivity index (χ1v) is 10.4. The average molecular weight is 499 g/mol. The summed E-state index contributed by atoms with van der Waals surface area (Å²) in [7, 11) is 1.40. The highest BCUT2D eigenvalue weighted by atomic mass is 19.1. The van der Waals surface area contributed by atoms with Crippen molar-refractivity contribution in [1.29, 1.82) is 0 Å². The van der Waals surface area contributed by atoms with Crippen molar-refractivity contribution >= 4 is 23.4 Å². The summed E-state index contributed by atoms with van der Waals surface area (Å²) in [6, 6.07) is 5.37. The number of aromatic nitrogens is 4. The first kappa shape index (κ1) is 25.9. The third kappa shape index (κ3) is 6.44. The van der Waals surface area contributed by atoms with Crippen LogP contribution in [0.1, 0.15) is 40.6 Å². The van der Waals surface area contributed by atoms with Gasteiger partial charge >= 0.3 is 6.09 Å². The number of aryl methyl sites for hydroxylation is 1. The Bertz CT molecular complexity index is 1300. The van der Waals surface area contributed by atoms with E-state index in [4.69, 9.17) is 16.3 Å². The van der Waals surface area contributed by atoms with Crippen molar-refractivity contribution in [2.75, 3.05) is 12.4 Å². The number of hydrogen-bond acceptors (Lipinski definition) is 10. The number of anilines is 1. The average Bonchev–Trinajstić information content (AvgIpc) is 2.83. The highest BCUT2D eigenvalue weighted by molar-refractivity contribution is 6.02. The van der Waals surface area contributed by atoms with Crippen LogP contribution in [0.4, 0.5) is 19.3 Å². The molecule has 0 fully saturated rings. The number of carbonyl (C=O) groups is 2. The largest absolute Gasteiger partial charge is 0.441 e. The number of nitrogens with two attached hydrogens (primary N) is 2. The minimum absolute atomic E-state index is 0.0347. The summed E-state index contributed by atoms with van der Waals surface area (Å²) in [5.41, 5.74) is 6.61. The number of nitrogens with one attached hydrogen (secondary N) is 2. The first-order chi connectivity index (χ1) is 17.0. The molecule has 0 aromatic carbocycles. The van der Waals surface area contributed by atoms with Gasteiger partial charge in [-0.05, 0) is 38.1 Å². The van der Waals surface area contributed by atoms with E-state index in [0.717, 1.165) is 11.1 Å². The molecule has 3 aromatic rings. The number of nitrogens with zero attached hydrogens (tertiary/aromatic N) is 5. The van der Waals surface area contributed by atoms with Crippen molar-refractivity contribution in [3.05, 3.63) is 83.2 Å². The summed E-state index contributed by atoms with van der Waals surface area (Å²) in [6.07, 6.45) is 1.32. The second-order valence-electron chi connectivity index (χ2n) is 7.45. The van der Waals surface area contributed by atoms with Gasteiger partial charge in [0, 0.05) is 13.2 Å². The van der Waals surface area contributed by atoms with Gasteiger partial charge < -0.3 is 15.8 Å². The van der Waals surface area contributed by atoms with Crippen LogP contribution in [0.25, 0.3) is 5.70 Å². The van der Waals surface area contributed by atoms with Crippen LogP contribution in [0.2, 0.25) is 0 Å². The van der Waals surface area contributed by atoms with Gasteiger partial charge in [-0.25, -0.2) is 30.0 Å². The van der Waals surface area contributed by atoms with E-state index in [1.165, 1.54) is 44.6 Å². The molecule has 2 amide bonds. The number of pyridine rings is 2. The summed E-state index contributed by atoms with van der Waals surface area (Å²) in [6.45, 7) is 3.01. The van der Waals surface area contributed by atoms with Crippen LogP contribution in [0.3, 0.4) is 0 Å². The number of hydrazine groups is 1. The molecule has 36 heavy (non-hydrogen) atoms. The predicted octanol–water partition coefficient (Wildman–Crippen LogP) is 1.98. The summed E-state index contributed by atoms with van der Waals surface area (Å²) in [5, 5.41) is 6.02. The molecule has 0 spiro atoms.